The molecule has 0 saturated heterocycles. The first kappa shape index (κ1) is 17.5. The van der Waals surface area contributed by atoms with Crippen molar-refractivity contribution in [2.24, 2.45) is 0 Å². The summed E-state index contributed by atoms with van der Waals surface area (Å²) in [7, 11) is 1.50. The van der Waals surface area contributed by atoms with Crippen molar-refractivity contribution >= 4 is 17.8 Å². The maximum Gasteiger partial charge on any atom is 0.344 e. The number of carbonyl (C=O) groups excluding carboxylic acids is 3. The number of rotatable bonds is 7. The lowest BCUT2D eigenvalue weighted by Gasteiger charge is -2.14. The highest BCUT2D eigenvalue weighted by Gasteiger charge is 2.34. The van der Waals surface area contributed by atoms with Crippen LogP contribution < -0.4 is 9.47 Å². The van der Waals surface area contributed by atoms with E-state index in [-0.39, 0.29) is 31.6 Å². The van der Waals surface area contributed by atoms with Crippen LogP contribution in [0.15, 0.2) is 48.5 Å². The second-order valence-corrected chi connectivity index (χ2v) is 5.47. The van der Waals surface area contributed by atoms with Crippen molar-refractivity contribution < 1.29 is 28.6 Å². The Labute approximate surface area is 150 Å². The molecule has 0 unspecified atom stereocenters. The first-order chi connectivity index (χ1) is 12.6. The quantitative estimate of drug-likeness (QED) is 0.557. The number of hydrogen-bond donors (Lipinski definition) is 0. The molecule has 0 radical (unpaired) electrons. The molecule has 0 fully saturated rings. The van der Waals surface area contributed by atoms with E-state index in [1.165, 1.54) is 7.11 Å². The molecule has 1 aliphatic heterocycles. The van der Waals surface area contributed by atoms with E-state index in [1.54, 1.807) is 48.5 Å². The van der Waals surface area contributed by atoms with Gasteiger partial charge in [-0.15, -0.1) is 0 Å². The van der Waals surface area contributed by atoms with Gasteiger partial charge in [0.05, 0.1) is 24.8 Å². The number of nitrogens with zero attached hydrogens (tertiary/aromatic N) is 1. The fourth-order valence-corrected chi connectivity index (χ4v) is 2.61. The number of ether oxygens (including phenoxy) is 3. The predicted molar refractivity (Wildman–Crippen MR) is 91.3 cm³/mol. The maximum absolute atomic E-state index is 12.2. The fourth-order valence-electron chi connectivity index (χ4n) is 2.61. The number of amides is 2. The highest BCUT2D eigenvalue weighted by atomic mass is 16.6. The number of imide groups is 1. The van der Waals surface area contributed by atoms with Gasteiger partial charge in [-0.1, -0.05) is 24.3 Å². The number of esters is 1. The largest absolute Gasteiger partial charge is 0.493 e. The summed E-state index contributed by atoms with van der Waals surface area (Å²) in [5.74, 6) is -0.440. The Bertz CT molecular complexity index is 812. The predicted octanol–water partition coefficient (Wildman–Crippen LogP) is 1.91. The van der Waals surface area contributed by atoms with Crippen molar-refractivity contribution in [3.05, 3.63) is 59.7 Å². The molecule has 26 heavy (non-hydrogen) atoms. The first-order valence-corrected chi connectivity index (χ1v) is 7.98. The third kappa shape index (κ3) is 3.51. The molecule has 7 heteroatoms. The molecular formula is C19H17NO6. The van der Waals surface area contributed by atoms with Crippen LogP contribution in [-0.2, 0) is 9.53 Å². The fraction of sp³-hybridized carbons (Fsp3) is 0.211. The van der Waals surface area contributed by atoms with E-state index < -0.39 is 5.97 Å². The molecule has 0 atom stereocenters. The van der Waals surface area contributed by atoms with Crippen molar-refractivity contribution in [2.75, 3.05) is 26.9 Å². The Morgan fingerprint density at radius 1 is 0.923 bits per heavy atom. The molecule has 1 heterocycles. The van der Waals surface area contributed by atoms with E-state index in [4.69, 9.17) is 14.2 Å². The van der Waals surface area contributed by atoms with Crippen LogP contribution in [0, 0.1) is 0 Å². The number of fused-ring (bicyclic) bond motifs is 1. The molecule has 2 amide bonds. The van der Waals surface area contributed by atoms with Gasteiger partial charge < -0.3 is 14.2 Å². The number of para-hydroxylation sites is 2. The van der Waals surface area contributed by atoms with E-state index in [0.29, 0.717) is 22.6 Å². The molecule has 2 aromatic rings. The topological polar surface area (TPSA) is 82.1 Å². The summed E-state index contributed by atoms with van der Waals surface area (Å²) in [5.41, 5.74) is 0.728. The minimum absolute atomic E-state index is 0.00720. The van der Waals surface area contributed by atoms with Gasteiger partial charge in [-0.3, -0.25) is 14.5 Å². The summed E-state index contributed by atoms with van der Waals surface area (Å²) < 4.78 is 15.5. The zero-order chi connectivity index (χ0) is 18.5. The zero-order valence-electron chi connectivity index (χ0n) is 14.1. The van der Waals surface area contributed by atoms with Crippen LogP contribution in [0.25, 0.3) is 0 Å². The Hall–Kier alpha value is -3.35. The van der Waals surface area contributed by atoms with E-state index in [1.807, 2.05) is 0 Å². The Morgan fingerprint density at radius 2 is 1.50 bits per heavy atom. The first-order valence-electron chi connectivity index (χ1n) is 7.98. The van der Waals surface area contributed by atoms with Gasteiger partial charge in [0.1, 0.15) is 6.61 Å². The number of methoxy groups -OCH3 is 1. The SMILES string of the molecule is COc1ccccc1OCC(=O)OCCN1C(=O)c2ccccc2C1=O. The smallest absolute Gasteiger partial charge is 0.344 e. The van der Waals surface area contributed by atoms with Crippen LogP contribution in [0.2, 0.25) is 0 Å². The highest BCUT2D eigenvalue weighted by Crippen LogP contribution is 2.25. The Morgan fingerprint density at radius 3 is 2.12 bits per heavy atom. The summed E-state index contributed by atoms with van der Waals surface area (Å²) in [6.45, 7) is -0.408. The summed E-state index contributed by atoms with van der Waals surface area (Å²) in [4.78, 5) is 37.2. The average molecular weight is 355 g/mol. The van der Waals surface area contributed by atoms with E-state index in [9.17, 15) is 14.4 Å². The van der Waals surface area contributed by atoms with Crippen LogP contribution in [0.5, 0.6) is 11.5 Å². The second-order valence-electron chi connectivity index (χ2n) is 5.47. The van der Waals surface area contributed by atoms with Crippen LogP contribution in [0.1, 0.15) is 20.7 Å². The van der Waals surface area contributed by atoms with Gasteiger partial charge in [0.2, 0.25) is 0 Å². The van der Waals surface area contributed by atoms with Crippen molar-refractivity contribution in [3.63, 3.8) is 0 Å². The summed E-state index contributed by atoms with van der Waals surface area (Å²) in [6.07, 6.45) is 0. The molecule has 0 bridgehead atoms. The maximum atomic E-state index is 12.2. The van der Waals surface area contributed by atoms with E-state index in [2.05, 4.69) is 0 Å². The van der Waals surface area contributed by atoms with Gasteiger partial charge in [0.25, 0.3) is 11.8 Å². The third-order valence-electron chi connectivity index (χ3n) is 3.87. The summed E-state index contributed by atoms with van der Waals surface area (Å²) in [6, 6.07) is 13.5. The summed E-state index contributed by atoms with van der Waals surface area (Å²) in [5, 5.41) is 0. The Kier molecular flexibility index (Phi) is 5.17. The van der Waals surface area contributed by atoms with Gasteiger partial charge in [-0.25, -0.2) is 4.79 Å². The van der Waals surface area contributed by atoms with Gasteiger partial charge in [0, 0.05) is 0 Å². The van der Waals surface area contributed by atoms with Crippen molar-refractivity contribution in [2.45, 2.75) is 0 Å². The molecule has 134 valence electrons. The van der Waals surface area contributed by atoms with Gasteiger partial charge in [-0.05, 0) is 24.3 Å². The van der Waals surface area contributed by atoms with Crippen molar-refractivity contribution in [3.8, 4) is 11.5 Å². The van der Waals surface area contributed by atoms with Crippen molar-refractivity contribution in [1.29, 1.82) is 0 Å². The molecule has 0 N–H and O–H groups in total. The second kappa shape index (κ2) is 7.69. The molecule has 3 rings (SSSR count). The third-order valence-corrected chi connectivity index (χ3v) is 3.87. The Balaban J connectivity index is 1.47. The number of hydrogen-bond acceptors (Lipinski definition) is 6. The van der Waals surface area contributed by atoms with Crippen molar-refractivity contribution in [1.82, 2.24) is 4.90 Å². The van der Waals surface area contributed by atoms with Crippen LogP contribution >= 0.6 is 0 Å². The summed E-state index contributed by atoms with van der Waals surface area (Å²) >= 11 is 0. The monoisotopic (exact) mass is 355 g/mol. The lowest BCUT2D eigenvalue weighted by Crippen LogP contribution is -2.33. The minimum atomic E-state index is -0.604. The zero-order valence-corrected chi connectivity index (χ0v) is 14.1. The molecule has 0 saturated carbocycles. The lowest BCUT2D eigenvalue weighted by molar-refractivity contribution is -0.146. The number of benzene rings is 2. The molecular weight excluding hydrogens is 338 g/mol. The molecule has 0 spiro atoms. The molecule has 0 aliphatic carbocycles. The lowest BCUT2D eigenvalue weighted by atomic mass is 10.1. The average Bonchev–Trinajstić information content (AvgIpc) is 2.91. The minimum Gasteiger partial charge on any atom is -0.493 e. The highest BCUT2D eigenvalue weighted by molar-refractivity contribution is 6.21. The van der Waals surface area contributed by atoms with Crippen LogP contribution in [-0.4, -0.2) is 49.6 Å². The van der Waals surface area contributed by atoms with Gasteiger partial charge in [0.15, 0.2) is 18.1 Å². The van der Waals surface area contributed by atoms with Gasteiger partial charge in [-0.2, -0.15) is 0 Å². The number of carbonyl (C=O) groups is 3. The standard InChI is InChI=1S/C19H17NO6/c1-24-15-8-4-5-9-16(15)26-12-17(21)25-11-10-20-18(22)13-6-2-3-7-14(13)19(20)23/h2-9H,10-12H2,1H3. The van der Waals surface area contributed by atoms with Gasteiger partial charge >= 0.3 is 5.97 Å². The van der Waals surface area contributed by atoms with Crippen LogP contribution in [0.4, 0.5) is 0 Å². The normalized spacial score (nSPS) is 12.7. The molecule has 0 aromatic heterocycles. The molecule has 1 aliphatic rings. The van der Waals surface area contributed by atoms with E-state index >= 15 is 0 Å². The van der Waals surface area contributed by atoms with E-state index in [0.717, 1.165) is 4.90 Å². The molecule has 2 aromatic carbocycles. The molecule has 7 nitrogen and oxygen atoms in total. The van der Waals surface area contributed by atoms with Crippen LogP contribution in [0.3, 0.4) is 0 Å².